The topological polar surface area (TPSA) is 66.8 Å². The molecule has 2 aliphatic heterocycles. The van der Waals surface area contributed by atoms with Gasteiger partial charge in [0.2, 0.25) is 5.91 Å². The van der Waals surface area contributed by atoms with E-state index in [0.29, 0.717) is 49.3 Å². The molecule has 0 aliphatic carbocycles. The second-order valence-corrected chi connectivity index (χ2v) is 7.80. The quantitative estimate of drug-likeness (QED) is 0.863. The van der Waals surface area contributed by atoms with Gasteiger partial charge in [-0.1, -0.05) is 23.7 Å². The Morgan fingerprint density at radius 1 is 1.46 bits per heavy atom. The average Bonchev–Trinajstić information content (AvgIpc) is 2.96. The lowest BCUT2D eigenvalue weighted by Crippen LogP contribution is -2.45. The molecule has 2 aliphatic rings. The van der Waals surface area contributed by atoms with Crippen LogP contribution in [0.2, 0.25) is 5.02 Å². The standard InChI is InChI=1S/C17H20ClNO4S/c18-14-3-1-2-12(6-14)9-24-10-15(20)19-7-13-8-23-5-4-17(13,11-19)16(21)22/h1-3,6,13H,4-5,7-11H2,(H,21,22)/t13-,17+/m0/s1. The van der Waals surface area contributed by atoms with Gasteiger partial charge >= 0.3 is 5.97 Å². The zero-order valence-corrected chi connectivity index (χ0v) is 14.8. The Kier molecular flexibility index (Phi) is 5.37. The molecule has 2 heterocycles. The predicted molar refractivity (Wildman–Crippen MR) is 93.2 cm³/mol. The molecular weight excluding hydrogens is 350 g/mol. The molecule has 2 saturated heterocycles. The summed E-state index contributed by atoms with van der Waals surface area (Å²) in [6.07, 6.45) is 0.479. The third kappa shape index (κ3) is 3.55. The van der Waals surface area contributed by atoms with Crippen LogP contribution in [0.1, 0.15) is 12.0 Å². The van der Waals surface area contributed by atoms with E-state index in [1.807, 2.05) is 24.3 Å². The average molecular weight is 370 g/mol. The summed E-state index contributed by atoms with van der Waals surface area (Å²) in [5, 5.41) is 10.3. The van der Waals surface area contributed by atoms with Crippen LogP contribution in [0.5, 0.6) is 0 Å². The van der Waals surface area contributed by atoms with E-state index < -0.39 is 11.4 Å². The molecule has 0 radical (unpaired) electrons. The molecule has 0 spiro atoms. The molecule has 0 saturated carbocycles. The lowest BCUT2D eigenvalue weighted by Gasteiger charge is -2.33. The zero-order valence-electron chi connectivity index (χ0n) is 13.2. The van der Waals surface area contributed by atoms with Gasteiger partial charge in [-0.2, -0.15) is 0 Å². The van der Waals surface area contributed by atoms with E-state index in [0.717, 1.165) is 5.56 Å². The fourth-order valence-corrected chi connectivity index (χ4v) is 4.55. The van der Waals surface area contributed by atoms with Crippen molar-refractivity contribution in [3.63, 3.8) is 0 Å². The summed E-state index contributed by atoms with van der Waals surface area (Å²) in [5.41, 5.74) is 0.247. The van der Waals surface area contributed by atoms with Gasteiger partial charge in [-0.15, -0.1) is 11.8 Å². The van der Waals surface area contributed by atoms with Crippen molar-refractivity contribution in [2.24, 2.45) is 11.3 Å². The number of benzene rings is 1. The van der Waals surface area contributed by atoms with Gasteiger partial charge in [0.1, 0.15) is 0 Å². The highest BCUT2D eigenvalue weighted by Crippen LogP contribution is 2.42. The number of likely N-dealkylation sites (tertiary alicyclic amines) is 1. The molecular formula is C17H20ClNO4S. The highest BCUT2D eigenvalue weighted by molar-refractivity contribution is 7.99. The molecule has 1 N–H and O–H groups in total. The zero-order chi connectivity index (χ0) is 17.2. The van der Waals surface area contributed by atoms with Crippen LogP contribution in [0.15, 0.2) is 24.3 Å². The number of carboxylic acid groups (broad SMARTS) is 1. The smallest absolute Gasteiger partial charge is 0.311 e. The van der Waals surface area contributed by atoms with Crippen molar-refractivity contribution in [2.45, 2.75) is 12.2 Å². The second-order valence-electron chi connectivity index (χ2n) is 6.38. The number of thioether (sulfide) groups is 1. The Morgan fingerprint density at radius 2 is 2.29 bits per heavy atom. The van der Waals surface area contributed by atoms with Crippen LogP contribution in [0.3, 0.4) is 0 Å². The molecule has 2 fully saturated rings. The molecule has 0 bridgehead atoms. The maximum absolute atomic E-state index is 12.5. The molecule has 1 amide bonds. The number of aliphatic carboxylic acids is 1. The maximum atomic E-state index is 12.5. The first-order chi connectivity index (χ1) is 11.5. The minimum Gasteiger partial charge on any atom is -0.481 e. The lowest BCUT2D eigenvalue weighted by atomic mass is 9.74. The highest BCUT2D eigenvalue weighted by atomic mass is 35.5. The van der Waals surface area contributed by atoms with Gasteiger partial charge in [-0.25, -0.2) is 0 Å². The number of rotatable bonds is 5. The summed E-state index contributed by atoms with van der Waals surface area (Å²) < 4.78 is 5.42. The van der Waals surface area contributed by atoms with Crippen molar-refractivity contribution in [1.29, 1.82) is 0 Å². The minimum absolute atomic E-state index is 0.00273. The molecule has 0 unspecified atom stereocenters. The van der Waals surface area contributed by atoms with E-state index in [1.165, 1.54) is 11.8 Å². The molecule has 3 rings (SSSR count). The van der Waals surface area contributed by atoms with Gasteiger partial charge in [-0.3, -0.25) is 9.59 Å². The van der Waals surface area contributed by atoms with E-state index in [2.05, 4.69) is 0 Å². The molecule has 1 aromatic carbocycles. The molecule has 24 heavy (non-hydrogen) atoms. The molecule has 5 nitrogen and oxygen atoms in total. The van der Waals surface area contributed by atoms with Gasteiger partial charge in [0, 0.05) is 36.4 Å². The number of nitrogens with zero attached hydrogens (tertiary/aromatic N) is 1. The van der Waals surface area contributed by atoms with Gasteiger partial charge < -0.3 is 14.7 Å². The Hall–Kier alpha value is -1.24. The molecule has 2 atom stereocenters. The number of hydrogen-bond acceptors (Lipinski definition) is 4. The van der Waals surface area contributed by atoms with E-state index >= 15 is 0 Å². The maximum Gasteiger partial charge on any atom is 0.311 e. The van der Waals surface area contributed by atoms with Crippen LogP contribution in [0, 0.1) is 11.3 Å². The number of fused-ring (bicyclic) bond motifs is 1. The van der Waals surface area contributed by atoms with Gasteiger partial charge in [0.15, 0.2) is 0 Å². The van der Waals surface area contributed by atoms with E-state index in [-0.39, 0.29) is 11.8 Å². The molecule has 0 aromatic heterocycles. The molecule has 1 aromatic rings. The van der Waals surface area contributed by atoms with Gasteiger partial charge in [-0.05, 0) is 24.1 Å². The normalized spacial score (nSPS) is 26.2. The van der Waals surface area contributed by atoms with E-state index in [4.69, 9.17) is 16.3 Å². The number of carbonyl (C=O) groups excluding carboxylic acids is 1. The fraction of sp³-hybridized carbons (Fsp3) is 0.529. The highest BCUT2D eigenvalue weighted by Gasteiger charge is 2.54. The lowest BCUT2D eigenvalue weighted by molar-refractivity contribution is -0.157. The van der Waals surface area contributed by atoms with Crippen molar-refractivity contribution in [3.05, 3.63) is 34.9 Å². The van der Waals surface area contributed by atoms with Crippen LogP contribution >= 0.6 is 23.4 Å². The second kappa shape index (κ2) is 7.33. The number of amides is 1. The van der Waals surface area contributed by atoms with Crippen LogP contribution in [-0.2, 0) is 20.1 Å². The number of carbonyl (C=O) groups is 2. The Morgan fingerprint density at radius 3 is 3.00 bits per heavy atom. The van der Waals surface area contributed by atoms with Crippen LogP contribution in [-0.4, -0.2) is 53.9 Å². The Bertz CT molecular complexity index is 641. The monoisotopic (exact) mass is 369 g/mol. The summed E-state index contributed by atoms with van der Waals surface area (Å²) in [6, 6.07) is 7.58. The number of hydrogen-bond donors (Lipinski definition) is 1. The Balaban J connectivity index is 1.55. The first-order valence-corrected chi connectivity index (χ1v) is 9.46. The molecule has 130 valence electrons. The molecule has 7 heteroatoms. The third-order valence-corrected chi connectivity index (χ3v) is 6.09. The van der Waals surface area contributed by atoms with Crippen LogP contribution in [0.25, 0.3) is 0 Å². The van der Waals surface area contributed by atoms with Gasteiger partial charge in [0.05, 0.1) is 17.8 Å². The van der Waals surface area contributed by atoms with Crippen molar-refractivity contribution in [3.8, 4) is 0 Å². The first kappa shape index (κ1) is 17.6. The largest absolute Gasteiger partial charge is 0.481 e. The summed E-state index contributed by atoms with van der Waals surface area (Å²) >= 11 is 7.48. The summed E-state index contributed by atoms with van der Waals surface area (Å²) in [5.74, 6) is 0.132. The minimum atomic E-state index is -0.828. The third-order valence-electron chi connectivity index (χ3n) is 4.87. The van der Waals surface area contributed by atoms with E-state index in [1.54, 1.807) is 4.90 Å². The van der Waals surface area contributed by atoms with Crippen LogP contribution in [0.4, 0.5) is 0 Å². The van der Waals surface area contributed by atoms with Crippen LogP contribution < -0.4 is 0 Å². The SMILES string of the molecule is O=C(CSCc1cccc(Cl)c1)N1C[C@H]2COCC[C@@]2(C(=O)O)C1. The van der Waals surface area contributed by atoms with E-state index in [9.17, 15) is 14.7 Å². The van der Waals surface area contributed by atoms with Crippen molar-refractivity contribution in [2.75, 3.05) is 32.1 Å². The van der Waals surface area contributed by atoms with Crippen molar-refractivity contribution >= 4 is 35.2 Å². The first-order valence-electron chi connectivity index (χ1n) is 7.92. The number of carboxylic acids is 1. The summed E-state index contributed by atoms with van der Waals surface area (Å²) in [7, 11) is 0. The Labute approximate surface area is 150 Å². The summed E-state index contributed by atoms with van der Waals surface area (Å²) in [4.78, 5) is 25.9. The van der Waals surface area contributed by atoms with Crippen molar-refractivity contribution in [1.82, 2.24) is 4.90 Å². The number of ether oxygens (including phenoxy) is 1. The van der Waals surface area contributed by atoms with Gasteiger partial charge in [0.25, 0.3) is 0 Å². The van der Waals surface area contributed by atoms with Crippen molar-refractivity contribution < 1.29 is 19.4 Å². The fourth-order valence-electron chi connectivity index (χ4n) is 3.46. The predicted octanol–water partition coefficient (Wildman–Crippen LogP) is 2.52. The number of halogens is 1. The summed E-state index contributed by atoms with van der Waals surface area (Å²) in [6.45, 7) is 1.65.